The Morgan fingerprint density at radius 1 is 1.52 bits per heavy atom. The van der Waals surface area contributed by atoms with Crippen molar-refractivity contribution in [3.8, 4) is 0 Å². The lowest BCUT2D eigenvalue weighted by Crippen LogP contribution is -2.55. The first kappa shape index (κ1) is 14.2. The minimum Gasteiger partial charge on any atom is -0.388 e. The Balaban J connectivity index is 1.81. The number of carbonyl (C=O) groups excluding carboxylic acids is 1. The molecule has 1 aromatic rings. The number of aromatic nitrogens is 2. The van der Waals surface area contributed by atoms with Gasteiger partial charge in [0.05, 0.1) is 13.2 Å². The molecule has 0 radical (unpaired) electrons. The molecule has 0 spiro atoms. The van der Waals surface area contributed by atoms with Crippen molar-refractivity contribution in [1.29, 1.82) is 0 Å². The molecule has 1 saturated heterocycles. The third kappa shape index (κ3) is 3.27. The third-order valence-corrected chi connectivity index (χ3v) is 3.72. The first-order chi connectivity index (χ1) is 10.1. The number of anilines is 1. The van der Waals surface area contributed by atoms with Gasteiger partial charge in [0.15, 0.2) is 0 Å². The molecule has 8 heteroatoms. The van der Waals surface area contributed by atoms with E-state index in [2.05, 4.69) is 15.3 Å². The molecule has 3 rings (SSSR count). The zero-order valence-corrected chi connectivity index (χ0v) is 12.3. The molecule has 3 N–H and O–H groups in total. The van der Waals surface area contributed by atoms with Crippen LogP contribution in [-0.4, -0.2) is 52.7 Å². The largest absolute Gasteiger partial charge is 0.388 e. The van der Waals surface area contributed by atoms with Crippen molar-refractivity contribution >= 4 is 29.1 Å². The topological polar surface area (TPSA) is 93.4 Å². The van der Waals surface area contributed by atoms with E-state index in [1.54, 1.807) is 12.3 Å². The molecule has 1 atom stereocenters. The molecule has 0 aromatic carbocycles. The number of rotatable bonds is 4. The van der Waals surface area contributed by atoms with Crippen molar-refractivity contribution in [3.63, 3.8) is 0 Å². The number of hydrogen-bond donors (Lipinski definition) is 2. The minimum atomic E-state index is -0.416. The molecule has 2 aliphatic rings. The summed E-state index contributed by atoms with van der Waals surface area (Å²) in [5.41, 5.74) is 6.10. The summed E-state index contributed by atoms with van der Waals surface area (Å²) in [4.78, 5) is 22.9. The van der Waals surface area contributed by atoms with Crippen LogP contribution in [0.4, 0.5) is 5.95 Å². The quantitative estimate of drug-likeness (QED) is 0.731. The predicted molar refractivity (Wildman–Crippen MR) is 81.0 cm³/mol. The van der Waals surface area contributed by atoms with Gasteiger partial charge in [0, 0.05) is 18.8 Å². The lowest BCUT2D eigenvalue weighted by atomic mass is 10.2. The maximum atomic E-state index is 12.3. The van der Waals surface area contributed by atoms with E-state index >= 15 is 0 Å². The summed E-state index contributed by atoms with van der Waals surface area (Å²) >= 11 is 4.93. The van der Waals surface area contributed by atoms with Crippen molar-refractivity contribution in [1.82, 2.24) is 15.3 Å². The first-order valence-corrected chi connectivity index (χ1v) is 7.33. The van der Waals surface area contributed by atoms with Crippen LogP contribution in [0.5, 0.6) is 0 Å². The van der Waals surface area contributed by atoms with Gasteiger partial charge in [-0.3, -0.25) is 4.79 Å². The van der Waals surface area contributed by atoms with Crippen LogP contribution >= 0.6 is 12.2 Å². The Hall–Kier alpha value is -1.80. The smallest absolute Gasteiger partial charge is 0.245 e. The van der Waals surface area contributed by atoms with E-state index in [4.69, 9.17) is 22.7 Å². The van der Waals surface area contributed by atoms with Gasteiger partial charge in [-0.2, -0.15) is 0 Å². The van der Waals surface area contributed by atoms with Crippen molar-refractivity contribution in [2.45, 2.75) is 24.9 Å². The van der Waals surface area contributed by atoms with Crippen molar-refractivity contribution < 1.29 is 9.53 Å². The highest BCUT2D eigenvalue weighted by atomic mass is 32.1. The highest BCUT2D eigenvalue weighted by molar-refractivity contribution is 7.80. The maximum Gasteiger partial charge on any atom is 0.245 e. The molecule has 2 heterocycles. The first-order valence-electron chi connectivity index (χ1n) is 6.93. The van der Waals surface area contributed by atoms with Gasteiger partial charge in [0.25, 0.3) is 0 Å². The van der Waals surface area contributed by atoms with Crippen molar-refractivity contribution in [3.05, 3.63) is 18.0 Å². The molecule has 0 bridgehead atoms. The molecule has 1 aliphatic heterocycles. The molecule has 1 amide bonds. The Morgan fingerprint density at radius 2 is 2.33 bits per heavy atom. The van der Waals surface area contributed by atoms with Crippen LogP contribution in [0.2, 0.25) is 0 Å². The summed E-state index contributed by atoms with van der Waals surface area (Å²) in [5, 5.41) is 2.99. The Bertz CT molecular complexity index is 563. The van der Waals surface area contributed by atoms with E-state index < -0.39 is 6.04 Å². The summed E-state index contributed by atoms with van der Waals surface area (Å²) in [6, 6.07) is 1.55. The van der Waals surface area contributed by atoms with Crippen LogP contribution in [0.15, 0.2) is 12.3 Å². The molecular formula is C13H17N5O2S. The van der Waals surface area contributed by atoms with Crippen LogP contribution in [-0.2, 0) is 9.53 Å². The van der Waals surface area contributed by atoms with Crippen LogP contribution in [0.1, 0.15) is 18.5 Å². The lowest BCUT2D eigenvalue weighted by Gasteiger charge is -2.34. The lowest BCUT2D eigenvalue weighted by molar-refractivity contribution is -0.124. The van der Waals surface area contributed by atoms with E-state index in [1.807, 2.05) is 4.90 Å². The molecule has 1 aliphatic carbocycles. The average molecular weight is 307 g/mol. The number of carbonyl (C=O) groups is 1. The van der Waals surface area contributed by atoms with E-state index in [9.17, 15) is 4.79 Å². The fraction of sp³-hybridized carbons (Fsp3) is 0.538. The zero-order chi connectivity index (χ0) is 14.8. The Kier molecular flexibility index (Phi) is 3.98. The van der Waals surface area contributed by atoms with Crippen LogP contribution in [0.3, 0.4) is 0 Å². The average Bonchev–Trinajstić information content (AvgIpc) is 3.31. The van der Waals surface area contributed by atoms with Gasteiger partial charge in [-0.15, -0.1) is 0 Å². The standard InChI is InChI=1S/C13H17N5O2S/c14-11(21)9-3-4-15-13(17-9)18-5-6-20-7-10(18)12(19)16-8-1-2-8/h3-4,8,10H,1-2,5-7H2,(H2,14,21)(H,16,19). The number of nitrogens with two attached hydrogens (primary N) is 1. The number of amides is 1. The zero-order valence-electron chi connectivity index (χ0n) is 11.5. The fourth-order valence-electron chi connectivity index (χ4n) is 2.21. The second-order valence-electron chi connectivity index (χ2n) is 5.17. The van der Waals surface area contributed by atoms with E-state index in [-0.39, 0.29) is 10.9 Å². The molecule has 21 heavy (non-hydrogen) atoms. The number of thiocarbonyl (C=S) groups is 1. The second-order valence-corrected chi connectivity index (χ2v) is 5.61. The van der Waals surface area contributed by atoms with E-state index in [0.29, 0.717) is 37.4 Å². The molecule has 112 valence electrons. The number of morpholine rings is 1. The van der Waals surface area contributed by atoms with Gasteiger partial charge in [0.2, 0.25) is 11.9 Å². The Morgan fingerprint density at radius 3 is 3.05 bits per heavy atom. The summed E-state index contributed by atoms with van der Waals surface area (Å²) in [5.74, 6) is 0.418. The maximum absolute atomic E-state index is 12.3. The summed E-state index contributed by atoms with van der Waals surface area (Å²) in [7, 11) is 0. The van der Waals surface area contributed by atoms with Crippen LogP contribution in [0.25, 0.3) is 0 Å². The van der Waals surface area contributed by atoms with Crippen LogP contribution < -0.4 is 16.0 Å². The molecular weight excluding hydrogens is 290 g/mol. The minimum absolute atomic E-state index is 0.0403. The van der Waals surface area contributed by atoms with Gasteiger partial charge in [-0.1, -0.05) is 12.2 Å². The van der Waals surface area contributed by atoms with Gasteiger partial charge >= 0.3 is 0 Å². The number of nitrogens with one attached hydrogen (secondary N) is 1. The van der Waals surface area contributed by atoms with Gasteiger partial charge < -0.3 is 20.7 Å². The Labute approximate surface area is 127 Å². The van der Waals surface area contributed by atoms with Gasteiger partial charge in [-0.05, 0) is 18.9 Å². The van der Waals surface area contributed by atoms with Gasteiger partial charge in [-0.25, -0.2) is 9.97 Å². The predicted octanol–water partition coefficient (Wildman–Crippen LogP) is -0.405. The van der Waals surface area contributed by atoms with Crippen molar-refractivity contribution in [2.24, 2.45) is 5.73 Å². The fourth-order valence-corrected chi connectivity index (χ4v) is 2.32. The number of ether oxygens (including phenoxy) is 1. The molecule has 7 nitrogen and oxygen atoms in total. The second kappa shape index (κ2) is 5.90. The van der Waals surface area contributed by atoms with Gasteiger partial charge in [0.1, 0.15) is 16.7 Å². The van der Waals surface area contributed by atoms with E-state index in [0.717, 1.165) is 12.8 Å². The molecule has 1 saturated carbocycles. The van der Waals surface area contributed by atoms with Crippen molar-refractivity contribution in [2.75, 3.05) is 24.7 Å². The summed E-state index contributed by atoms with van der Waals surface area (Å²) in [6.45, 7) is 1.43. The normalized spacial score (nSPS) is 21.9. The summed E-state index contributed by atoms with van der Waals surface area (Å²) < 4.78 is 5.43. The third-order valence-electron chi connectivity index (χ3n) is 3.51. The number of hydrogen-bond acceptors (Lipinski definition) is 6. The molecule has 2 fully saturated rings. The van der Waals surface area contributed by atoms with Crippen LogP contribution in [0, 0.1) is 0 Å². The summed E-state index contributed by atoms with van der Waals surface area (Å²) in [6.07, 6.45) is 3.70. The highest BCUT2D eigenvalue weighted by Gasteiger charge is 2.34. The molecule has 1 aromatic heterocycles. The molecule has 1 unspecified atom stereocenters. The number of nitrogens with zero attached hydrogens (tertiary/aromatic N) is 3. The van der Waals surface area contributed by atoms with E-state index in [1.165, 1.54) is 0 Å². The SMILES string of the molecule is NC(=S)c1ccnc(N2CCOCC2C(=O)NC2CC2)n1. The highest BCUT2D eigenvalue weighted by Crippen LogP contribution is 2.21. The monoisotopic (exact) mass is 307 g/mol.